The van der Waals surface area contributed by atoms with Gasteiger partial charge in [-0.05, 0) is 50.8 Å². The van der Waals surface area contributed by atoms with Crippen molar-refractivity contribution in [1.82, 2.24) is 4.90 Å². The van der Waals surface area contributed by atoms with Gasteiger partial charge in [-0.1, -0.05) is 0 Å². The summed E-state index contributed by atoms with van der Waals surface area (Å²) in [5, 5.41) is 30.9. The van der Waals surface area contributed by atoms with Crippen LogP contribution in [0.2, 0.25) is 0 Å². The van der Waals surface area contributed by atoms with Crippen LogP contribution in [0, 0.1) is 21.4 Å². The predicted octanol–water partition coefficient (Wildman–Crippen LogP) is 2.69. The van der Waals surface area contributed by atoms with E-state index in [9.17, 15) is 34.9 Å². The first-order valence-corrected chi connectivity index (χ1v) is 10.0. The van der Waals surface area contributed by atoms with Crippen LogP contribution in [0.4, 0.5) is 10.5 Å². The molecule has 1 aromatic rings. The summed E-state index contributed by atoms with van der Waals surface area (Å²) in [5.41, 5.74) is -2.71. The molecule has 0 bridgehead atoms. The number of nitro groups is 1. The molecule has 1 fully saturated rings. The Morgan fingerprint density at radius 1 is 1.30 bits per heavy atom. The zero-order valence-electron chi connectivity index (χ0n) is 18.3. The molecule has 1 aromatic carbocycles. The maximum absolute atomic E-state index is 12.5. The van der Waals surface area contributed by atoms with Crippen LogP contribution in [-0.4, -0.2) is 58.8 Å². The third-order valence-electron chi connectivity index (χ3n) is 5.18. The largest absolute Gasteiger partial charge is 0.515 e. The molecule has 0 aliphatic heterocycles. The SMILES string of the molecule is CCN(CC)C(=O)C(C#N)=Cc1cc(OC(=O)OC2(C(=O)OC)CCC2)c(O)c([N+](=O)[O-])c1. The normalized spacial score (nSPS) is 14.3. The van der Waals surface area contributed by atoms with E-state index in [1.807, 2.05) is 0 Å². The average molecular weight is 461 g/mol. The summed E-state index contributed by atoms with van der Waals surface area (Å²) >= 11 is 0. The van der Waals surface area contributed by atoms with Crippen LogP contribution in [0.1, 0.15) is 38.7 Å². The maximum atomic E-state index is 12.5. The molecule has 0 heterocycles. The van der Waals surface area contributed by atoms with Crippen molar-refractivity contribution in [3.8, 4) is 17.6 Å². The lowest BCUT2D eigenvalue weighted by atomic mass is 9.80. The lowest BCUT2D eigenvalue weighted by molar-refractivity contribution is -0.385. The van der Waals surface area contributed by atoms with Crippen LogP contribution in [0.3, 0.4) is 0 Å². The number of phenolic OH excluding ortho intramolecular Hbond substituents is 1. The number of methoxy groups -OCH3 is 1. The predicted molar refractivity (Wildman–Crippen MR) is 112 cm³/mol. The van der Waals surface area contributed by atoms with Gasteiger partial charge in [-0.25, -0.2) is 9.59 Å². The molecular weight excluding hydrogens is 438 g/mol. The fourth-order valence-corrected chi connectivity index (χ4v) is 3.21. The first-order valence-electron chi connectivity index (χ1n) is 10.0. The molecule has 12 nitrogen and oxygen atoms in total. The second-order valence-corrected chi connectivity index (χ2v) is 7.08. The fraction of sp³-hybridized carbons (Fsp3) is 0.429. The number of carbonyl (C=O) groups excluding carboxylic acids is 3. The number of esters is 1. The van der Waals surface area contributed by atoms with Gasteiger partial charge in [0, 0.05) is 19.2 Å². The smallest absolute Gasteiger partial charge is 0.499 e. The zero-order valence-corrected chi connectivity index (χ0v) is 18.3. The van der Waals surface area contributed by atoms with E-state index < -0.39 is 45.7 Å². The van der Waals surface area contributed by atoms with Crippen LogP contribution >= 0.6 is 0 Å². The lowest BCUT2D eigenvalue weighted by Crippen LogP contribution is -2.50. The van der Waals surface area contributed by atoms with Gasteiger partial charge >= 0.3 is 17.8 Å². The van der Waals surface area contributed by atoms with Crippen molar-refractivity contribution >= 4 is 29.8 Å². The molecule has 1 aliphatic rings. The number of phenols is 1. The number of nitriles is 1. The summed E-state index contributed by atoms with van der Waals surface area (Å²) in [7, 11) is 1.13. The average Bonchev–Trinajstić information content (AvgIpc) is 2.76. The standard InChI is InChI=1S/C21H23N3O9/c1-4-23(5-2)18(26)14(12-22)9-13-10-15(24(29)30)17(25)16(11-13)32-20(28)33-21(7-6-8-21)19(27)31-3/h9-11,25H,4-8H2,1-3H3. The second-order valence-electron chi connectivity index (χ2n) is 7.08. The van der Waals surface area contributed by atoms with Gasteiger partial charge in [0.2, 0.25) is 11.4 Å². The Hall–Kier alpha value is -4.14. The highest BCUT2D eigenvalue weighted by Gasteiger charge is 2.50. The van der Waals surface area contributed by atoms with Gasteiger partial charge in [0.1, 0.15) is 11.6 Å². The molecule has 0 aromatic heterocycles. The van der Waals surface area contributed by atoms with E-state index in [-0.39, 0.29) is 24.0 Å². The Labute approximate surface area is 189 Å². The quantitative estimate of drug-likeness (QED) is 0.152. The number of rotatable bonds is 8. The molecule has 1 amide bonds. The Balaban J connectivity index is 2.41. The molecule has 2 rings (SSSR count). The highest BCUT2D eigenvalue weighted by atomic mass is 16.7. The molecule has 0 saturated heterocycles. The number of likely N-dealkylation sites (N-methyl/N-ethyl adjacent to an activating group) is 1. The topological polar surface area (TPSA) is 169 Å². The molecule has 176 valence electrons. The molecule has 0 radical (unpaired) electrons. The summed E-state index contributed by atoms with van der Waals surface area (Å²) in [6, 6.07) is 3.69. The number of ether oxygens (including phenoxy) is 3. The van der Waals surface area contributed by atoms with Gasteiger partial charge in [0.25, 0.3) is 5.91 Å². The third kappa shape index (κ3) is 5.38. The number of benzene rings is 1. The van der Waals surface area contributed by atoms with E-state index in [0.717, 1.165) is 25.3 Å². The summed E-state index contributed by atoms with van der Waals surface area (Å²) < 4.78 is 14.7. The lowest BCUT2D eigenvalue weighted by Gasteiger charge is -2.37. The minimum Gasteiger partial charge on any atom is -0.499 e. The molecule has 12 heteroatoms. The summed E-state index contributed by atoms with van der Waals surface area (Å²) in [6.45, 7) is 4.13. The fourth-order valence-electron chi connectivity index (χ4n) is 3.21. The van der Waals surface area contributed by atoms with Crippen LogP contribution in [-0.2, 0) is 19.1 Å². The second kappa shape index (κ2) is 10.4. The van der Waals surface area contributed by atoms with E-state index in [0.29, 0.717) is 19.5 Å². The van der Waals surface area contributed by atoms with Crippen molar-refractivity contribution in [2.24, 2.45) is 0 Å². The van der Waals surface area contributed by atoms with Gasteiger partial charge in [0.05, 0.1) is 12.0 Å². The Bertz CT molecular complexity index is 1030. The first-order chi connectivity index (χ1) is 15.6. The number of carbonyl (C=O) groups is 3. The molecule has 0 spiro atoms. The number of hydrogen-bond acceptors (Lipinski definition) is 10. The molecule has 1 N–H and O–H groups in total. The summed E-state index contributed by atoms with van der Waals surface area (Å²) in [6.07, 6.45) is 0.723. The van der Waals surface area contributed by atoms with Crippen molar-refractivity contribution in [2.45, 2.75) is 38.7 Å². The Morgan fingerprint density at radius 3 is 2.39 bits per heavy atom. The zero-order chi connectivity index (χ0) is 24.8. The van der Waals surface area contributed by atoms with Gasteiger partial charge < -0.3 is 24.2 Å². The van der Waals surface area contributed by atoms with E-state index in [1.54, 1.807) is 19.9 Å². The van der Waals surface area contributed by atoms with E-state index in [2.05, 4.69) is 4.74 Å². The minimum absolute atomic E-state index is 0.0503. The number of nitro benzene ring substituents is 1. The molecule has 33 heavy (non-hydrogen) atoms. The van der Waals surface area contributed by atoms with E-state index in [4.69, 9.17) is 9.47 Å². The van der Waals surface area contributed by atoms with Gasteiger partial charge in [0.15, 0.2) is 5.75 Å². The van der Waals surface area contributed by atoms with E-state index in [1.165, 1.54) is 4.90 Å². The van der Waals surface area contributed by atoms with Crippen LogP contribution in [0.15, 0.2) is 17.7 Å². The highest BCUT2D eigenvalue weighted by Crippen LogP contribution is 2.40. The monoisotopic (exact) mass is 461 g/mol. The molecule has 0 atom stereocenters. The van der Waals surface area contributed by atoms with Gasteiger partial charge in [-0.3, -0.25) is 14.9 Å². The Kier molecular flexibility index (Phi) is 7.95. The number of amides is 1. The van der Waals surface area contributed by atoms with Gasteiger partial charge in [-0.2, -0.15) is 5.26 Å². The Morgan fingerprint density at radius 2 is 1.94 bits per heavy atom. The van der Waals surface area contributed by atoms with Crippen molar-refractivity contribution in [3.05, 3.63) is 33.4 Å². The molecule has 1 aliphatic carbocycles. The summed E-state index contributed by atoms with van der Waals surface area (Å²) in [5.74, 6) is -2.98. The van der Waals surface area contributed by atoms with E-state index >= 15 is 0 Å². The van der Waals surface area contributed by atoms with Crippen molar-refractivity contribution < 1.29 is 38.6 Å². The number of nitrogens with zero attached hydrogens (tertiary/aromatic N) is 3. The summed E-state index contributed by atoms with van der Waals surface area (Å²) in [4.78, 5) is 48.5. The highest BCUT2D eigenvalue weighted by molar-refractivity contribution is 6.01. The van der Waals surface area contributed by atoms with Crippen LogP contribution in [0.5, 0.6) is 11.5 Å². The molecule has 1 saturated carbocycles. The van der Waals surface area contributed by atoms with Crippen LogP contribution in [0.25, 0.3) is 6.08 Å². The number of hydrogen-bond donors (Lipinski definition) is 1. The third-order valence-corrected chi connectivity index (χ3v) is 5.18. The minimum atomic E-state index is -1.52. The maximum Gasteiger partial charge on any atom is 0.515 e. The van der Waals surface area contributed by atoms with Crippen molar-refractivity contribution in [3.63, 3.8) is 0 Å². The number of aromatic hydroxyl groups is 1. The van der Waals surface area contributed by atoms with Crippen molar-refractivity contribution in [1.29, 1.82) is 5.26 Å². The molecule has 0 unspecified atom stereocenters. The molecular formula is C21H23N3O9. The van der Waals surface area contributed by atoms with Crippen molar-refractivity contribution in [2.75, 3.05) is 20.2 Å². The van der Waals surface area contributed by atoms with Gasteiger partial charge in [-0.15, -0.1) is 0 Å². The van der Waals surface area contributed by atoms with Crippen LogP contribution < -0.4 is 4.74 Å². The first kappa shape index (κ1) is 25.1.